The molecule has 3 atom stereocenters. The highest BCUT2D eigenvalue weighted by Crippen LogP contribution is 2.38. The van der Waals surface area contributed by atoms with Gasteiger partial charge in [-0.2, -0.15) is 20.1 Å². The van der Waals surface area contributed by atoms with Gasteiger partial charge in [0.1, 0.15) is 5.69 Å². The third-order valence-corrected chi connectivity index (χ3v) is 9.20. The first-order valence-corrected chi connectivity index (χ1v) is 14.4. The number of ether oxygens (including phenoxy) is 1. The molecule has 5 heterocycles. The van der Waals surface area contributed by atoms with Crippen LogP contribution in [0.1, 0.15) is 36.1 Å². The molecule has 8 rings (SSSR count). The van der Waals surface area contributed by atoms with Crippen molar-refractivity contribution in [3.63, 3.8) is 0 Å². The van der Waals surface area contributed by atoms with Crippen LogP contribution in [0, 0.1) is 6.92 Å². The van der Waals surface area contributed by atoms with Gasteiger partial charge in [-0.3, -0.25) is 10.00 Å². The van der Waals surface area contributed by atoms with Crippen LogP contribution in [0.15, 0.2) is 54.7 Å². The van der Waals surface area contributed by atoms with Crippen LogP contribution in [0.3, 0.4) is 0 Å². The average Bonchev–Trinajstić information content (AvgIpc) is 3.49. The Labute approximate surface area is 233 Å². The first-order chi connectivity index (χ1) is 19.6. The average molecular weight is 532 g/mol. The number of H-pyrrole nitrogens is 1. The van der Waals surface area contributed by atoms with Crippen molar-refractivity contribution >= 4 is 11.0 Å². The Hall–Kier alpha value is -3.88. The van der Waals surface area contributed by atoms with Gasteiger partial charge in [-0.1, -0.05) is 42.5 Å². The summed E-state index contributed by atoms with van der Waals surface area (Å²) in [5.74, 6) is 0. The summed E-state index contributed by atoms with van der Waals surface area (Å²) in [6.45, 7) is 3.82. The van der Waals surface area contributed by atoms with Gasteiger partial charge in [-0.05, 0) is 61.8 Å². The third kappa shape index (κ3) is 3.97. The molecule has 2 saturated heterocycles. The molecule has 0 saturated carbocycles. The fourth-order valence-electron chi connectivity index (χ4n) is 7.17. The Morgan fingerprint density at radius 3 is 2.33 bits per heavy atom. The molecule has 2 aliphatic heterocycles. The lowest BCUT2D eigenvalue weighted by molar-refractivity contribution is -0.148. The standard InChI is InChI=1S/C32H33N7O/c1-19-30(37-38(2)36-19)21-4-6-22(7-5-21)31-29-14-25(16-33-32(29)35-34-31)24-8-3-20-9-11-26(12-10-23(20)13-24)39-27-15-28(39)18-40-17-27/h3-8,13-14,16,26-28H,9-12,15,17-18H2,1-2H3,(H,33,34,35)/t26-,27?,28?/m0/s1. The first-order valence-electron chi connectivity index (χ1n) is 14.4. The number of morpholine rings is 1. The molecule has 2 bridgehead atoms. The smallest absolute Gasteiger partial charge is 0.181 e. The van der Waals surface area contributed by atoms with Crippen LogP contribution in [0.2, 0.25) is 0 Å². The Bertz CT molecular complexity index is 1710. The van der Waals surface area contributed by atoms with Gasteiger partial charge in [0, 0.05) is 53.4 Å². The van der Waals surface area contributed by atoms with Gasteiger partial charge >= 0.3 is 0 Å². The highest BCUT2D eigenvalue weighted by atomic mass is 16.5. The van der Waals surface area contributed by atoms with E-state index in [0.717, 1.165) is 70.9 Å². The zero-order valence-corrected chi connectivity index (χ0v) is 23.0. The van der Waals surface area contributed by atoms with Crippen LogP contribution < -0.4 is 0 Å². The predicted molar refractivity (Wildman–Crippen MR) is 155 cm³/mol. The number of aromatic amines is 1. The summed E-state index contributed by atoms with van der Waals surface area (Å²) in [6.07, 6.45) is 8.05. The van der Waals surface area contributed by atoms with E-state index >= 15 is 0 Å². The first kappa shape index (κ1) is 24.0. The van der Waals surface area contributed by atoms with E-state index in [-0.39, 0.29) is 0 Å². The molecule has 3 aliphatic rings. The zero-order chi connectivity index (χ0) is 26.8. The van der Waals surface area contributed by atoms with Crippen molar-refractivity contribution in [2.75, 3.05) is 13.2 Å². The van der Waals surface area contributed by atoms with Gasteiger partial charge < -0.3 is 4.74 Å². The Kier molecular flexibility index (Phi) is 5.60. The molecule has 1 aliphatic carbocycles. The van der Waals surface area contributed by atoms with Crippen LogP contribution >= 0.6 is 0 Å². The molecule has 5 aromatic rings. The Morgan fingerprint density at radius 2 is 1.57 bits per heavy atom. The summed E-state index contributed by atoms with van der Waals surface area (Å²) >= 11 is 0. The van der Waals surface area contributed by atoms with Crippen molar-refractivity contribution in [3.8, 4) is 33.6 Å². The largest absolute Gasteiger partial charge is 0.378 e. The molecule has 2 fully saturated rings. The van der Waals surface area contributed by atoms with Crippen molar-refractivity contribution in [1.82, 2.24) is 35.1 Å². The number of nitrogens with one attached hydrogen (secondary N) is 1. The quantitative estimate of drug-likeness (QED) is 0.324. The van der Waals surface area contributed by atoms with E-state index < -0.39 is 0 Å². The lowest BCUT2D eigenvalue weighted by atomic mass is 9.87. The van der Waals surface area contributed by atoms with E-state index in [2.05, 4.69) is 73.8 Å². The predicted octanol–water partition coefficient (Wildman–Crippen LogP) is 5.12. The minimum absolute atomic E-state index is 0.648. The van der Waals surface area contributed by atoms with Gasteiger partial charge in [-0.15, -0.1) is 0 Å². The summed E-state index contributed by atoms with van der Waals surface area (Å²) in [5.41, 5.74) is 11.0. The zero-order valence-electron chi connectivity index (χ0n) is 23.0. The van der Waals surface area contributed by atoms with Crippen LogP contribution in [-0.2, 0) is 24.6 Å². The summed E-state index contributed by atoms with van der Waals surface area (Å²) < 4.78 is 5.74. The maximum Gasteiger partial charge on any atom is 0.181 e. The molecule has 2 unspecified atom stereocenters. The molecule has 8 nitrogen and oxygen atoms in total. The maximum absolute atomic E-state index is 5.74. The number of hydrogen-bond donors (Lipinski definition) is 1. The lowest BCUT2D eigenvalue weighted by Gasteiger charge is -2.56. The summed E-state index contributed by atoms with van der Waals surface area (Å²) in [5, 5.41) is 17.6. The lowest BCUT2D eigenvalue weighted by Crippen LogP contribution is -2.66. The van der Waals surface area contributed by atoms with Crippen LogP contribution in [0.4, 0.5) is 0 Å². The van der Waals surface area contributed by atoms with Crippen molar-refractivity contribution in [2.24, 2.45) is 7.05 Å². The SMILES string of the molecule is Cc1nn(C)nc1-c1ccc(-c2[nH]nc3ncc(-c4ccc5c(c4)CC[C@@H](N4C6COCC4C6)CC5)cc23)cc1. The number of aromatic nitrogens is 6. The molecule has 40 heavy (non-hydrogen) atoms. The van der Waals surface area contributed by atoms with Crippen LogP contribution in [0.5, 0.6) is 0 Å². The van der Waals surface area contributed by atoms with Gasteiger partial charge in [0.15, 0.2) is 5.65 Å². The van der Waals surface area contributed by atoms with E-state index in [0.29, 0.717) is 18.1 Å². The van der Waals surface area contributed by atoms with E-state index in [9.17, 15) is 0 Å². The van der Waals surface area contributed by atoms with Crippen molar-refractivity contribution < 1.29 is 4.74 Å². The monoisotopic (exact) mass is 531 g/mol. The van der Waals surface area contributed by atoms with Crippen molar-refractivity contribution in [1.29, 1.82) is 0 Å². The molecule has 0 spiro atoms. The fraction of sp³-hybridized carbons (Fsp3) is 0.375. The van der Waals surface area contributed by atoms with E-state index in [1.807, 2.05) is 20.2 Å². The van der Waals surface area contributed by atoms with Gasteiger partial charge in [-0.25, -0.2) is 4.98 Å². The van der Waals surface area contributed by atoms with Gasteiger partial charge in [0.2, 0.25) is 0 Å². The normalized spacial score (nSPS) is 22.6. The second-order valence-electron chi connectivity index (χ2n) is 11.6. The molecule has 0 radical (unpaired) electrons. The topological polar surface area (TPSA) is 84.8 Å². The third-order valence-electron chi connectivity index (χ3n) is 9.20. The number of rotatable bonds is 4. The maximum atomic E-state index is 5.74. The van der Waals surface area contributed by atoms with E-state index in [1.54, 1.807) is 4.80 Å². The minimum Gasteiger partial charge on any atom is -0.378 e. The van der Waals surface area contributed by atoms with Gasteiger partial charge in [0.25, 0.3) is 0 Å². The highest BCUT2D eigenvalue weighted by molar-refractivity contribution is 5.93. The molecular formula is C32H33N7O. The number of benzene rings is 2. The second kappa shape index (κ2) is 9.35. The molecule has 1 N–H and O–H groups in total. The summed E-state index contributed by atoms with van der Waals surface area (Å²) in [7, 11) is 1.85. The molecule has 2 aromatic carbocycles. The highest BCUT2D eigenvalue weighted by Gasteiger charge is 2.45. The van der Waals surface area contributed by atoms with E-state index in [4.69, 9.17) is 9.72 Å². The number of hydrogen-bond acceptors (Lipinski definition) is 6. The van der Waals surface area contributed by atoms with Crippen LogP contribution in [-0.4, -0.2) is 66.4 Å². The Morgan fingerprint density at radius 1 is 0.825 bits per heavy atom. The summed E-state index contributed by atoms with van der Waals surface area (Å²) in [4.78, 5) is 9.10. The fourth-order valence-corrected chi connectivity index (χ4v) is 7.17. The molecular weight excluding hydrogens is 498 g/mol. The van der Waals surface area contributed by atoms with Crippen molar-refractivity contribution in [3.05, 3.63) is 71.5 Å². The minimum atomic E-state index is 0.648. The number of pyridine rings is 1. The number of fused-ring (bicyclic) bond motifs is 4. The molecule has 202 valence electrons. The molecule has 3 aromatic heterocycles. The second-order valence-corrected chi connectivity index (χ2v) is 11.6. The van der Waals surface area contributed by atoms with Crippen LogP contribution in [0.25, 0.3) is 44.7 Å². The van der Waals surface area contributed by atoms with Crippen molar-refractivity contribution in [2.45, 2.75) is 57.2 Å². The Balaban J connectivity index is 1.06. The van der Waals surface area contributed by atoms with E-state index in [1.165, 1.54) is 36.0 Å². The molecule has 8 heteroatoms. The number of nitrogens with zero attached hydrogens (tertiary/aromatic N) is 6. The van der Waals surface area contributed by atoms with Gasteiger partial charge in [0.05, 0.1) is 24.6 Å². The number of aryl methyl sites for hydroxylation is 4. The summed E-state index contributed by atoms with van der Waals surface area (Å²) in [6, 6.07) is 19.6. The molecule has 0 amide bonds.